The molecule has 0 aromatic heterocycles. The fourth-order valence-corrected chi connectivity index (χ4v) is 4.11. The predicted octanol–water partition coefficient (Wildman–Crippen LogP) is 1.05. The molecule has 1 aliphatic rings. The summed E-state index contributed by atoms with van der Waals surface area (Å²) in [6, 6.07) is 7.33. The zero-order valence-electron chi connectivity index (χ0n) is 11.2. The number of hydrogen-bond donors (Lipinski definition) is 3. The summed E-state index contributed by atoms with van der Waals surface area (Å²) < 4.78 is 26.0. The van der Waals surface area contributed by atoms with Gasteiger partial charge in [0.1, 0.15) is 0 Å². The number of benzene rings is 1. The van der Waals surface area contributed by atoms with Crippen molar-refractivity contribution in [3.8, 4) is 0 Å². The summed E-state index contributed by atoms with van der Waals surface area (Å²) in [5.74, 6) is 0.792. The Morgan fingerprint density at radius 3 is 2.60 bits per heavy atom. The van der Waals surface area contributed by atoms with Crippen LogP contribution in [0, 0.1) is 5.92 Å². The van der Waals surface area contributed by atoms with Crippen molar-refractivity contribution in [3.05, 3.63) is 24.3 Å². The van der Waals surface area contributed by atoms with E-state index in [1.165, 1.54) is 11.8 Å². The molecule has 5 nitrogen and oxygen atoms in total. The third kappa shape index (κ3) is 5.32. The van der Waals surface area contributed by atoms with Gasteiger partial charge in [-0.1, -0.05) is 0 Å². The van der Waals surface area contributed by atoms with Crippen molar-refractivity contribution in [2.24, 2.45) is 5.92 Å². The first kappa shape index (κ1) is 15.6. The fourth-order valence-electron chi connectivity index (χ4n) is 1.77. The molecule has 1 atom stereocenters. The van der Waals surface area contributed by atoms with Gasteiger partial charge in [0.25, 0.3) is 0 Å². The average molecular weight is 316 g/mol. The van der Waals surface area contributed by atoms with Crippen LogP contribution in [-0.2, 0) is 10.0 Å². The molecule has 0 bridgehead atoms. The zero-order valence-corrected chi connectivity index (χ0v) is 12.8. The molecule has 1 unspecified atom stereocenters. The molecule has 7 heteroatoms. The van der Waals surface area contributed by atoms with E-state index in [9.17, 15) is 13.5 Å². The van der Waals surface area contributed by atoms with E-state index in [1.54, 1.807) is 12.1 Å². The van der Waals surface area contributed by atoms with Crippen LogP contribution in [0.3, 0.4) is 0 Å². The second-order valence-electron chi connectivity index (χ2n) is 4.99. The lowest BCUT2D eigenvalue weighted by Gasteiger charge is -2.11. The van der Waals surface area contributed by atoms with Crippen molar-refractivity contribution in [1.29, 1.82) is 0 Å². The van der Waals surface area contributed by atoms with E-state index < -0.39 is 16.1 Å². The number of aliphatic hydroxyl groups is 1. The Hall–Kier alpha value is -0.760. The summed E-state index contributed by atoms with van der Waals surface area (Å²) in [4.78, 5) is 0.993. The van der Waals surface area contributed by atoms with Crippen LogP contribution in [0.25, 0.3) is 0 Å². The van der Waals surface area contributed by atoms with Crippen LogP contribution in [0.5, 0.6) is 0 Å². The van der Waals surface area contributed by atoms with Crippen molar-refractivity contribution in [2.45, 2.75) is 23.8 Å². The number of hydrogen-bond acceptors (Lipinski definition) is 5. The fraction of sp³-hybridized carbons (Fsp3) is 0.538. The highest BCUT2D eigenvalue weighted by molar-refractivity contribution is 8.00. The molecular formula is C13H20N2O3S2. The summed E-state index contributed by atoms with van der Waals surface area (Å²) in [5.41, 5.74) is 6.28. The monoisotopic (exact) mass is 316 g/mol. The predicted molar refractivity (Wildman–Crippen MR) is 82.1 cm³/mol. The lowest BCUT2D eigenvalue weighted by molar-refractivity contribution is 0.155. The smallest absolute Gasteiger partial charge is 0.212 e. The number of nitrogens with two attached hydrogens (primary N) is 1. The van der Waals surface area contributed by atoms with Crippen molar-refractivity contribution in [3.63, 3.8) is 0 Å². The van der Waals surface area contributed by atoms with Crippen LogP contribution < -0.4 is 10.5 Å². The zero-order chi connectivity index (χ0) is 14.6. The molecule has 1 aromatic rings. The Bertz CT molecular complexity index is 527. The van der Waals surface area contributed by atoms with Crippen LogP contribution in [0.1, 0.15) is 12.8 Å². The van der Waals surface area contributed by atoms with Gasteiger partial charge in [-0.2, -0.15) is 0 Å². The SMILES string of the molecule is Nc1ccc(SCCS(=O)(=O)NCC(O)C2CC2)cc1. The molecule has 0 spiro atoms. The van der Waals surface area contributed by atoms with E-state index in [4.69, 9.17) is 5.73 Å². The second-order valence-corrected chi connectivity index (χ2v) is 8.08. The van der Waals surface area contributed by atoms with E-state index in [2.05, 4.69) is 4.72 Å². The van der Waals surface area contributed by atoms with Gasteiger partial charge in [-0.3, -0.25) is 0 Å². The third-order valence-electron chi connectivity index (χ3n) is 3.18. The van der Waals surface area contributed by atoms with Gasteiger partial charge in [-0.05, 0) is 43.0 Å². The summed E-state index contributed by atoms with van der Waals surface area (Å²) in [7, 11) is -3.32. The number of nitrogens with one attached hydrogen (secondary N) is 1. The van der Waals surface area contributed by atoms with E-state index in [1.807, 2.05) is 12.1 Å². The normalized spacial score (nSPS) is 17.1. The first-order chi connectivity index (χ1) is 9.46. The van der Waals surface area contributed by atoms with Crippen molar-refractivity contribution in [1.82, 2.24) is 4.72 Å². The minimum Gasteiger partial charge on any atom is -0.399 e. The molecule has 2 rings (SSSR count). The Morgan fingerprint density at radius 2 is 2.00 bits per heavy atom. The molecule has 1 fully saturated rings. The Labute approximate surface area is 124 Å². The Morgan fingerprint density at radius 1 is 1.35 bits per heavy atom. The molecule has 0 saturated heterocycles. The van der Waals surface area contributed by atoms with E-state index in [0.717, 1.165) is 17.7 Å². The van der Waals surface area contributed by atoms with Crippen LogP contribution in [0.4, 0.5) is 5.69 Å². The number of thioether (sulfide) groups is 1. The quantitative estimate of drug-likeness (QED) is 0.492. The van der Waals surface area contributed by atoms with Gasteiger partial charge < -0.3 is 10.8 Å². The van der Waals surface area contributed by atoms with Crippen LogP contribution >= 0.6 is 11.8 Å². The number of anilines is 1. The van der Waals surface area contributed by atoms with Gasteiger partial charge in [0.2, 0.25) is 10.0 Å². The average Bonchev–Trinajstić information content (AvgIpc) is 3.23. The molecule has 112 valence electrons. The Balaban J connectivity index is 1.70. The number of rotatable bonds is 8. The molecule has 0 aliphatic heterocycles. The van der Waals surface area contributed by atoms with Gasteiger partial charge in [0.15, 0.2) is 0 Å². The summed E-state index contributed by atoms with van der Waals surface area (Å²) in [6.07, 6.45) is 1.45. The lowest BCUT2D eigenvalue weighted by Crippen LogP contribution is -2.35. The summed E-state index contributed by atoms with van der Waals surface area (Å²) in [6.45, 7) is 0.125. The molecule has 4 N–H and O–H groups in total. The van der Waals surface area contributed by atoms with E-state index in [-0.39, 0.29) is 18.2 Å². The third-order valence-corrected chi connectivity index (χ3v) is 5.80. The standard InChI is InChI=1S/C13H20N2O3S2/c14-11-3-5-12(6-4-11)19-7-8-20(17,18)15-9-13(16)10-1-2-10/h3-6,10,13,15-16H,1-2,7-9,14H2. The maximum Gasteiger partial charge on any atom is 0.212 e. The molecule has 1 saturated carbocycles. The molecule has 0 radical (unpaired) electrons. The van der Waals surface area contributed by atoms with Gasteiger partial charge in [0.05, 0.1) is 11.9 Å². The van der Waals surface area contributed by atoms with Crippen LogP contribution in [-0.4, -0.2) is 37.7 Å². The largest absolute Gasteiger partial charge is 0.399 e. The van der Waals surface area contributed by atoms with Gasteiger partial charge in [-0.25, -0.2) is 13.1 Å². The number of aliphatic hydroxyl groups excluding tert-OH is 1. The maximum atomic E-state index is 11.8. The van der Waals surface area contributed by atoms with Crippen LogP contribution in [0.15, 0.2) is 29.2 Å². The van der Waals surface area contributed by atoms with Crippen LogP contribution in [0.2, 0.25) is 0 Å². The van der Waals surface area contributed by atoms with Crippen molar-refractivity contribution < 1.29 is 13.5 Å². The highest BCUT2D eigenvalue weighted by Gasteiger charge is 2.30. The molecule has 1 aromatic carbocycles. The topological polar surface area (TPSA) is 92.4 Å². The lowest BCUT2D eigenvalue weighted by atomic mass is 10.2. The minimum atomic E-state index is -3.32. The molecule has 1 aliphatic carbocycles. The number of nitrogen functional groups attached to an aromatic ring is 1. The van der Waals surface area contributed by atoms with Gasteiger partial charge in [0, 0.05) is 22.9 Å². The van der Waals surface area contributed by atoms with E-state index in [0.29, 0.717) is 11.4 Å². The molecular weight excluding hydrogens is 296 g/mol. The number of sulfonamides is 1. The van der Waals surface area contributed by atoms with E-state index >= 15 is 0 Å². The molecule has 0 amide bonds. The highest BCUT2D eigenvalue weighted by Crippen LogP contribution is 2.32. The maximum absolute atomic E-state index is 11.8. The molecule has 20 heavy (non-hydrogen) atoms. The Kier molecular flexibility index (Phi) is 5.31. The highest BCUT2D eigenvalue weighted by atomic mass is 32.2. The first-order valence-corrected chi connectivity index (χ1v) is 9.24. The minimum absolute atomic E-state index is 0.0411. The van der Waals surface area contributed by atoms with Gasteiger partial charge >= 0.3 is 0 Å². The van der Waals surface area contributed by atoms with Crippen molar-refractivity contribution in [2.75, 3.05) is 23.8 Å². The first-order valence-electron chi connectivity index (χ1n) is 6.60. The second kappa shape index (κ2) is 6.80. The van der Waals surface area contributed by atoms with Gasteiger partial charge in [-0.15, -0.1) is 11.8 Å². The van der Waals surface area contributed by atoms with Crippen molar-refractivity contribution >= 4 is 27.5 Å². The summed E-state index contributed by atoms with van der Waals surface area (Å²) >= 11 is 1.47. The molecule has 0 heterocycles. The summed E-state index contributed by atoms with van der Waals surface area (Å²) in [5, 5.41) is 9.64.